The number of carboxylic acid groups (broad SMARTS) is 1. The van der Waals surface area contributed by atoms with Crippen molar-refractivity contribution in [2.75, 3.05) is 5.32 Å². The molecule has 2 rings (SSSR count). The van der Waals surface area contributed by atoms with Gasteiger partial charge in [-0.2, -0.15) is 13.2 Å². The van der Waals surface area contributed by atoms with Gasteiger partial charge >= 0.3 is 12.1 Å². The lowest BCUT2D eigenvalue weighted by Crippen LogP contribution is -2.34. The summed E-state index contributed by atoms with van der Waals surface area (Å²) in [6, 6.07) is 10.2. The third kappa shape index (κ3) is 6.17. The number of aliphatic carboxylic acids is 1. The van der Waals surface area contributed by atoms with Gasteiger partial charge in [0.1, 0.15) is 0 Å². The van der Waals surface area contributed by atoms with Gasteiger partial charge in [0.05, 0.1) is 28.0 Å². The van der Waals surface area contributed by atoms with Crippen molar-refractivity contribution < 1.29 is 27.9 Å². The van der Waals surface area contributed by atoms with Crippen LogP contribution in [0.15, 0.2) is 42.5 Å². The largest absolute Gasteiger partial charge is 0.481 e. The average molecular weight is 490 g/mol. The van der Waals surface area contributed by atoms with Crippen LogP contribution < -0.4 is 5.32 Å². The minimum Gasteiger partial charge on any atom is -0.481 e. The molecule has 0 radical (unpaired) electrons. The Balaban J connectivity index is 2.38. The molecule has 3 unspecified atom stereocenters. The zero-order valence-electron chi connectivity index (χ0n) is 17.8. The molecule has 2 aromatic rings. The summed E-state index contributed by atoms with van der Waals surface area (Å²) in [6.07, 6.45) is -4.08. The van der Waals surface area contributed by atoms with Crippen molar-refractivity contribution in [2.45, 2.75) is 45.7 Å². The lowest BCUT2D eigenvalue weighted by molar-refractivity contribution is -0.178. The zero-order valence-corrected chi connectivity index (χ0v) is 19.3. The van der Waals surface area contributed by atoms with Crippen molar-refractivity contribution in [3.8, 4) is 0 Å². The van der Waals surface area contributed by atoms with Crippen LogP contribution in [0, 0.1) is 11.3 Å². The summed E-state index contributed by atoms with van der Waals surface area (Å²) in [5, 5.41) is 12.5. The first-order chi connectivity index (χ1) is 14.8. The molecule has 0 aliphatic rings. The highest BCUT2D eigenvalue weighted by Crippen LogP contribution is 2.39. The molecule has 0 saturated carbocycles. The van der Waals surface area contributed by atoms with Crippen LogP contribution in [0.25, 0.3) is 0 Å². The van der Waals surface area contributed by atoms with Gasteiger partial charge in [0.25, 0.3) is 0 Å². The molecule has 0 aliphatic heterocycles. The fourth-order valence-corrected chi connectivity index (χ4v) is 3.61. The number of anilines is 1. The Morgan fingerprint density at radius 2 is 1.69 bits per heavy atom. The molecule has 0 fully saturated rings. The van der Waals surface area contributed by atoms with Crippen molar-refractivity contribution >= 4 is 40.8 Å². The molecular formula is C23H24Cl2F3NO3. The topological polar surface area (TPSA) is 66.4 Å². The van der Waals surface area contributed by atoms with Gasteiger partial charge in [0, 0.05) is 5.02 Å². The van der Waals surface area contributed by atoms with E-state index in [-0.39, 0.29) is 22.7 Å². The van der Waals surface area contributed by atoms with E-state index < -0.39 is 35.3 Å². The number of alkyl halides is 3. The third-order valence-electron chi connectivity index (χ3n) is 5.71. The number of carbonyl (C=O) groups excluding carboxylic acids is 1. The van der Waals surface area contributed by atoms with Gasteiger partial charge in [-0.25, -0.2) is 0 Å². The number of carboxylic acids is 1. The van der Waals surface area contributed by atoms with Gasteiger partial charge in [-0.1, -0.05) is 55.2 Å². The summed E-state index contributed by atoms with van der Waals surface area (Å²) in [7, 11) is 0. The summed E-state index contributed by atoms with van der Waals surface area (Å²) in [6.45, 7) is 4.29. The van der Waals surface area contributed by atoms with E-state index in [2.05, 4.69) is 5.32 Å². The molecule has 4 nitrogen and oxygen atoms in total. The second-order valence-electron chi connectivity index (χ2n) is 8.06. The van der Waals surface area contributed by atoms with Gasteiger partial charge < -0.3 is 10.4 Å². The van der Waals surface area contributed by atoms with E-state index in [9.17, 15) is 27.9 Å². The first-order valence-corrected chi connectivity index (χ1v) is 10.7. The van der Waals surface area contributed by atoms with E-state index in [0.717, 1.165) is 6.92 Å². The molecule has 2 aromatic carbocycles. The highest BCUT2D eigenvalue weighted by atomic mass is 35.5. The van der Waals surface area contributed by atoms with E-state index in [4.69, 9.17) is 23.2 Å². The van der Waals surface area contributed by atoms with Crippen LogP contribution in [-0.2, 0) is 16.0 Å². The number of benzene rings is 2. The van der Waals surface area contributed by atoms with Crippen LogP contribution in [0.5, 0.6) is 0 Å². The Labute approximate surface area is 194 Å². The normalized spacial score (nSPS) is 15.5. The van der Waals surface area contributed by atoms with Crippen LogP contribution in [-0.4, -0.2) is 23.2 Å². The van der Waals surface area contributed by atoms with E-state index in [0.29, 0.717) is 17.0 Å². The van der Waals surface area contributed by atoms with Crippen LogP contribution in [0.3, 0.4) is 0 Å². The average Bonchev–Trinajstić information content (AvgIpc) is 2.71. The van der Waals surface area contributed by atoms with Gasteiger partial charge in [-0.15, -0.1) is 0 Å². The van der Waals surface area contributed by atoms with Crippen molar-refractivity contribution in [2.24, 2.45) is 11.3 Å². The molecule has 0 aliphatic carbocycles. The predicted molar refractivity (Wildman–Crippen MR) is 119 cm³/mol. The predicted octanol–water partition coefficient (Wildman–Crippen LogP) is 6.96. The summed E-state index contributed by atoms with van der Waals surface area (Å²) in [4.78, 5) is 24.6. The Morgan fingerprint density at radius 1 is 1.09 bits per heavy atom. The number of hydrogen-bond acceptors (Lipinski definition) is 2. The summed E-state index contributed by atoms with van der Waals surface area (Å²) in [5.74, 6) is -5.36. The lowest BCUT2D eigenvalue weighted by Gasteiger charge is -2.26. The monoisotopic (exact) mass is 489 g/mol. The van der Waals surface area contributed by atoms with E-state index in [1.165, 1.54) is 36.4 Å². The van der Waals surface area contributed by atoms with Crippen LogP contribution in [0.4, 0.5) is 18.9 Å². The maximum absolute atomic E-state index is 13.5. The first-order valence-electron chi connectivity index (χ1n) is 9.93. The second-order valence-corrected chi connectivity index (χ2v) is 8.90. The Bertz CT molecular complexity index is 979. The molecule has 174 valence electrons. The van der Waals surface area contributed by atoms with Gasteiger partial charge in [0.2, 0.25) is 5.91 Å². The van der Waals surface area contributed by atoms with Crippen LogP contribution in [0.2, 0.25) is 10.0 Å². The number of halogens is 5. The van der Waals surface area contributed by atoms with E-state index in [1.54, 1.807) is 19.9 Å². The molecule has 0 aromatic heterocycles. The molecular weight excluding hydrogens is 466 g/mol. The fraction of sp³-hybridized carbons (Fsp3) is 0.391. The first kappa shape index (κ1) is 26.0. The number of amides is 1. The summed E-state index contributed by atoms with van der Waals surface area (Å²) < 4.78 is 40.6. The lowest BCUT2D eigenvalue weighted by atomic mass is 9.81. The molecule has 0 saturated heterocycles. The number of carbonyl (C=O) groups is 2. The molecule has 32 heavy (non-hydrogen) atoms. The fourth-order valence-electron chi connectivity index (χ4n) is 3.32. The van der Waals surface area contributed by atoms with Crippen LogP contribution in [0.1, 0.15) is 44.2 Å². The Hall–Kier alpha value is -2.25. The summed E-state index contributed by atoms with van der Waals surface area (Å²) >= 11 is 12.0. The Kier molecular flexibility index (Phi) is 8.23. The maximum atomic E-state index is 13.5. The Morgan fingerprint density at radius 3 is 2.19 bits per heavy atom. The number of hydrogen-bond donors (Lipinski definition) is 2. The minimum atomic E-state index is -4.61. The van der Waals surface area contributed by atoms with E-state index in [1.807, 2.05) is 0 Å². The van der Waals surface area contributed by atoms with Gasteiger partial charge in [-0.3, -0.25) is 9.59 Å². The van der Waals surface area contributed by atoms with Crippen molar-refractivity contribution in [1.82, 2.24) is 0 Å². The highest BCUT2D eigenvalue weighted by Gasteiger charge is 2.45. The smallest absolute Gasteiger partial charge is 0.392 e. The molecule has 2 N–H and O–H groups in total. The molecule has 3 atom stereocenters. The maximum Gasteiger partial charge on any atom is 0.392 e. The summed E-state index contributed by atoms with van der Waals surface area (Å²) in [5.41, 5.74) is -0.172. The molecule has 9 heteroatoms. The molecule has 0 bridgehead atoms. The number of nitrogens with one attached hydrogen (secondary N) is 1. The third-order valence-corrected chi connectivity index (χ3v) is 6.29. The standard InChI is InChI=1S/C23H24Cl2F3NO3/c1-4-22(3,21(31)32)12-14-5-10-17(25)18(11-14)29-20(30)19(13(2)23(26,27)28)15-6-8-16(24)9-7-15/h5-11,13,19H,4,12H2,1-3H3,(H,29,30)(H,31,32). The van der Waals surface area contributed by atoms with Crippen molar-refractivity contribution in [3.05, 3.63) is 63.6 Å². The minimum absolute atomic E-state index is 0.117. The SMILES string of the molecule is CCC(C)(Cc1ccc(Cl)c(NC(=O)C(c2ccc(Cl)cc2)C(C)C(F)(F)F)c1)C(=O)O. The number of rotatable bonds is 8. The van der Waals surface area contributed by atoms with Gasteiger partial charge in [0.15, 0.2) is 0 Å². The second kappa shape index (κ2) is 10.1. The van der Waals surface area contributed by atoms with Crippen molar-refractivity contribution in [1.29, 1.82) is 0 Å². The highest BCUT2D eigenvalue weighted by molar-refractivity contribution is 6.33. The molecule has 0 heterocycles. The van der Waals surface area contributed by atoms with Crippen LogP contribution >= 0.6 is 23.2 Å². The molecule has 1 amide bonds. The molecule has 0 spiro atoms. The van der Waals surface area contributed by atoms with Gasteiger partial charge in [-0.05, 0) is 55.2 Å². The quantitative estimate of drug-likeness (QED) is 0.421. The zero-order chi connectivity index (χ0) is 24.3. The van der Waals surface area contributed by atoms with Crippen molar-refractivity contribution in [3.63, 3.8) is 0 Å². The van der Waals surface area contributed by atoms with E-state index >= 15 is 0 Å².